The highest BCUT2D eigenvalue weighted by Crippen LogP contribution is 2.38. The Labute approximate surface area is 242 Å². The second kappa shape index (κ2) is 12.5. The van der Waals surface area contributed by atoms with Gasteiger partial charge in [0.15, 0.2) is 11.6 Å². The lowest BCUT2D eigenvalue weighted by atomic mass is 9.79. The molecule has 2 atom stereocenters. The number of esters is 1. The Balaban J connectivity index is 0.00000387. The summed E-state index contributed by atoms with van der Waals surface area (Å²) in [5, 5.41) is 16.3. The monoisotopic (exact) mass is 591 g/mol. The van der Waals surface area contributed by atoms with Gasteiger partial charge in [-0.2, -0.15) is 0 Å². The minimum absolute atomic E-state index is 0. The molecule has 1 saturated heterocycles. The van der Waals surface area contributed by atoms with Gasteiger partial charge in [-0.05, 0) is 61.9 Å². The Bertz CT molecular complexity index is 1320. The number of carbonyl (C=O) groups is 3. The highest BCUT2D eigenvalue weighted by atomic mass is 35.5. The molecule has 0 radical (unpaired) electrons. The van der Waals surface area contributed by atoms with Gasteiger partial charge in [0, 0.05) is 37.6 Å². The lowest BCUT2D eigenvalue weighted by Crippen LogP contribution is -2.55. The van der Waals surface area contributed by atoms with E-state index in [0.717, 1.165) is 49.7 Å². The van der Waals surface area contributed by atoms with E-state index < -0.39 is 41.3 Å². The Morgan fingerprint density at radius 3 is 2.56 bits per heavy atom. The molecule has 2 aromatic rings. The summed E-state index contributed by atoms with van der Waals surface area (Å²) >= 11 is 0. The predicted octanol–water partition coefficient (Wildman–Crippen LogP) is 3.52. The first-order chi connectivity index (χ1) is 19.2. The molecule has 2 aliphatic heterocycles. The number of ether oxygens (including phenoxy) is 1. The topological polar surface area (TPSA) is 124 Å². The van der Waals surface area contributed by atoms with E-state index in [-0.39, 0.29) is 35.6 Å². The van der Waals surface area contributed by atoms with Gasteiger partial charge in [-0.3, -0.25) is 9.88 Å². The van der Waals surface area contributed by atoms with Gasteiger partial charge in [0.1, 0.15) is 11.6 Å². The second-order valence-corrected chi connectivity index (χ2v) is 10.4. The van der Waals surface area contributed by atoms with Crippen molar-refractivity contribution in [3.8, 4) is 0 Å². The zero-order valence-corrected chi connectivity index (χ0v) is 23.2. The van der Waals surface area contributed by atoms with Crippen LogP contribution in [0.4, 0.5) is 18.4 Å². The number of benzene rings is 1. The van der Waals surface area contributed by atoms with Crippen molar-refractivity contribution in [2.75, 3.05) is 20.2 Å². The molecule has 3 aliphatic rings. The summed E-state index contributed by atoms with van der Waals surface area (Å²) in [5.74, 6) is -3.11. The van der Waals surface area contributed by atoms with E-state index >= 15 is 0 Å². The van der Waals surface area contributed by atoms with Crippen molar-refractivity contribution in [2.45, 2.75) is 55.8 Å². The Hall–Kier alpha value is -3.61. The van der Waals surface area contributed by atoms with Crippen LogP contribution in [0.3, 0.4) is 0 Å². The smallest absolute Gasteiger partial charge is 0.337 e. The molecule has 13 heteroatoms. The predicted molar refractivity (Wildman–Crippen MR) is 146 cm³/mol. The van der Waals surface area contributed by atoms with Gasteiger partial charge in [-0.15, -0.1) is 12.4 Å². The minimum Gasteiger partial charge on any atom is -0.466 e. The standard InChI is InChI=1S/C28H31F2N5O5.ClH/c1-40-25(36)20-15-32-26(37)35(24(20)17-5-6-21(29)22(30)14-17)27(38)33-18-9-13-34(16-18)19-7-10-28(39,11-8-19)23-4-2-3-12-31-23;/h2-6,12,14-15,18-19,24,39H,7-11,13,16H2,1H3,(H,32,37)(H,33,38);1H/t18-,19-,24+,28-;/m1./s1. The maximum Gasteiger partial charge on any atom is 0.337 e. The summed E-state index contributed by atoms with van der Waals surface area (Å²) in [4.78, 5) is 46.1. The van der Waals surface area contributed by atoms with E-state index in [4.69, 9.17) is 4.74 Å². The maximum absolute atomic E-state index is 14.1. The summed E-state index contributed by atoms with van der Waals surface area (Å²) in [7, 11) is 1.14. The number of hydrogen-bond donors (Lipinski definition) is 3. The van der Waals surface area contributed by atoms with Crippen molar-refractivity contribution < 1.29 is 33.0 Å². The third-order valence-corrected chi connectivity index (χ3v) is 8.01. The van der Waals surface area contributed by atoms with Gasteiger partial charge in [0.2, 0.25) is 0 Å². The van der Waals surface area contributed by atoms with Crippen LogP contribution in [0.25, 0.3) is 0 Å². The molecular formula is C28H32ClF2N5O5. The normalized spacial score (nSPS) is 26.4. The second-order valence-electron chi connectivity index (χ2n) is 10.4. The molecule has 41 heavy (non-hydrogen) atoms. The largest absolute Gasteiger partial charge is 0.466 e. The summed E-state index contributed by atoms with van der Waals surface area (Å²) in [6.45, 7) is 1.27. The highest BCUT2D eigenvalue weighted by Gasteiger charge is 2.42. The number of nitrogens with zero attached hydrogens (tertiary/aromatic N) is 3. The van der Waals surface area contributed by atoms with Gasteiger partial charge in [0.25, 0.3) is 0 Å². The number of amides is 4. The van der Waals surface area contributed by atoms with Crippen molar-refractivity contribution in [1.82, 2.24) is 25.4 Å². The van der Waals surface area contributed by atoms with Crippen LogP contribution in [0.2, 0.25) is 0 Å². The first kappa shape index (κ1) is 30.4. The average molecular weight is 592 g/mol. The number of pyridine rings is 1. The van der Waals surface area contributed by atoms with E-state index in [1.165, 1.54) is 6.07 Å². The number of aliphatic hydroxyl groups is 1. The molecule has 3 heterocycles. The van der Waals surface area contributed by atoms with Crippen LogP contribution in [0, 0.1) is 11.6 Å². The summed E-state index contributed by atoms with van der Waals surface area (Å²) < 4.78 is 32.5. The van der Waals surface area contributed by atoms with E-state index in [1.807, 2.05) is 18.2 Å². The lowest BCUT2D eigenvalue weighted by molar-refractivity contribution is -0.136. The molecule has 1 saturated carbocycles. The number of nitrogens with one attached hydrogen (secondary N) is 2. The first-order valence-electron chi connectivity index (χ1n) is 13.2. The van der Waals surface area contributed by atoms with E-state index in [2.05, 4.69) is 20.5 Å². The van der Waals surface area contributed by atoms with Crippen molar-refractivity contribution >= 4 is 30.4 Å². The van der Waals surface area contributed by atoms with Gasteiger partial charge in [-0.25, -0.2) is 28.1 Å². The van der Waals surface area contributed by atoms with Crippen molar-refractivity contribution in [3.63, 3.8) is 0 Å². The first-order valence-corrected chi connectivity index (χ1v) is 13.2. The molecule has 220 valence electrons. The number of urea groups is 2. The zero-order valence-electron chi connectivity index (χ0n) is 22.4. The quantitative estimate of drug-likeness (QED) is 0.455. The number of halogens is 3. The van der Waals surface area contributed by atoms with Crippen LogP contribution < -0.4 is 10.6 Å². The molecule has 2 fully saturated rings. The minimum atomic E-state index is -1.32. The number of aromatic nitrogens is 1. The fourth-order valence-corrected chi connectivity index (χ4v) is 5.87. The zero-order chi connectivity index (χ0) is 28.4. The average Bonchev–Trinajstić information content (AvgIpc) is 3.43. The molecule has 5 rings (SSSR count). The van der Waals surface area contributed by atoms with Crippen LogP contribution in [0.5, 0.6) is 0 Å². The highest BCUT2D eigenvalue weighted by molar-refractivity contribution is 6.00. The van der Waals surface area contributed by atoms with Crippen LogP contribution in [-0.4, -0.2) is 70.2 Å². The SMILES string of the molecule is COC(=O)C1=CNC(=O)N(C(=O)N[C@@H]2CCN([C@H]3CC[C@@](O)(c4ccccn4)CC3)C2)[C@H]1c1ccc(F)c(F)c1.Cl. The number of rotatable bonds is 5. The molecule has 1 aromatic heterocycles. The number of imide groups is 1. The van der Waals surface area contributed by atoms with Gasteiger partial charge in [0.05, 0.1) is 18.4 Å². The van der Waals surface area contributed by atoms with Gasteiger partial charge < -0.3 is 20.5 Å². The number of hydrogen-bond acceptors (Lipinski definition) is 7. The molecule has 1 aromatic carbocycles. The van der Waals surface area contributed by atoms with Crippen LogP contribution in [-0.2, 0) is 15.1 Å². The molecular weight excluding hydrogens is 560 g/mol. The molecule has 1 aliphatic carbocycles. The van der Waals surface area contributed by atoms with Crippen molar-refractivity contribution in [3.05, 3.63) is 77.3 Å². The third-order valence-electron chi connectivity index (χ3n) is 8.01. The molecule has 4 amide bonds. The lowest BCUT2D eigenvalue weighted by Gasteiger charge is -2.39. The van der Waals surface area contributed by atoms with Crippen molar-refractivity contribution in [2.24, 2.45) is 0 Å². The third kappa shape index (κ3) is 6.19. The molecule has 0 spiro atoms. The molecule has 10 nitrogen and oxygen atoms in total. The Morgan fingerprint density at radius 1 is 1.15 bits per heavy atom. The number of carbonyl (C=O) groups excluding carboxylic acids is 3. The summed E-state index contributed by atoms with van der Waals surface area (Å²) in [6, 6.07) is 5.48. The van der Waals surface area contributed by atoms with Gasteiger partial charge >= 0.3 is 18.0 Å². The van der Waals surface area contributed by atoms with E-state index in [1.54, 1.807) is 6.20 Å². The summed E-state index contributed by atoms with van der Waals surface area (Å²) in [6.07, 6.45) is 6.12. The molecule has 3 N–H and O–H groups in total. The van der Waals surface area contributed by atoms with Gasteiger partial charge in [-0.1, -0.05) is 12.1 Å². The number of likely N-dealkylation sites (tertiary alicyclic amines) is 1. The fraction of sp³-hybridized carbons (Fsp3) is 0.429. The Morgan fingerprint density at radius 2 is 1.90 bits per heavy atom. The maximum atomic E-state index is 14.1. The van der Waals surface area contributed by atoms with Crippen LogP contribution in [0.15, 0.2) is 54.4 Å². The molecule has 0 bridgehead atoms. The van der Waals surface area contributed by atoms with E-state index in [0.29, 0.717) is 31.5 Å². The summed E-state index contributed by atoms with van der Waals surface area (Å²) in [5.41, 5.74) is -0.349. The van der Waals surface area contributed by atoms with E-state index in [9.17, 15) is 28.3 Å². The van der Waals surface area contributed by atoms with Crippen LogP contribution >= 0.6 is 12.4 Å². The van der Waals surface area contributed by atoms with Crippen molar-refractivity contribution in [1.29, 1.82) is 0 Å². The fourth-order valence-electron chi connectivity index (χ4n) is 5.87. The number of methoxy groups -OCH3 is 1. The Kier molecular flexibility index (Phi) is 9.25. The molecule has 0 unspecified atom stereocenters. The van der Waals surface area contributed by atoms with Crippen LogP contribution in [0.1, 0.15) is 49.4 Å².